The highest BCUT2D eigenvalue weighted by Crippen LogP contribution is 2.29. The van der Waals surface area contributed by atoms with Crippen molar-refractivity contribution in [2.45, 2.75) is 23.9 Å². The number of rotatable bonds is 4. The molecule has 9 heteroatoms. The molecule has 3 aromatic rings. The molecule has 1 unspecified atom stereocenters. The van der Waals surface area contributed by atoms with Crippen LogP contribution in [0.25, 0.3) is 10.9 Å². The summed E-state index contributed by atoms with van der Waals surface area (Å²) >= 11 is 0. The van der Waals surface area contributed by atoms with Crippen molar-refractivity contribution in [1.82, 2.24) is 9.97 Å². The van der Waals surface area contributed by atoms with Crippen molar-refractivity contribution >= 4 is 32.4 Å². The molecule has 2 aromatic carbocycles. The van der Waals surface area contributed by atoms with Gasteiger partial charge in [0.05, 0.1) is 44.6 Å². The van der Waals surface area contributed by atoms with Gasteiger partial charge in [-0.1, -0.05) is 29.8 Å². The van der Waals surface area contributed by atoms with Crippen molar-refractivity contribution in [2.24, 2.45) is 5.73 Å². The minimum atomic E-state index is -2.85. The van der Waals surface area contributed by atoms with Crippen molar-refractivity contribution in [2.75, 3.05) is 42.3 Å². The number of aryl methyl sites for hydroxylation is 1. The molecule has 31 heavy (non-hydrogen) atoms. The molecule has 2 aliphatic rings. The monoisotopic (exact) mass is 438 g/mol. The number of benzene rings is 2. The Bertz CT molecular complexity index is 1260. The van der Waals surface area contributed by atoms with Crippen LogP contribution < -0.4 is 16.0 Å². The molecule has 0 aliphatic carbocycles. The zero-order valence-corrected chi connectivity index (χ0v) is 18.2. The van der Waals surface area contributed by atoms with Crippen LogP contribution in [0.5, 0.6) is 0 Å². The quantitative estimate of drug-likeness (QED) is 0.573. The van der Waals surface area contributed by atoms with Crippen LogP contribution in [0.4, 0.5) is 11.8 Å². The van der Waals surface area contributed by atoms with Crippen molar-refractivity contribution in [3.05, 3.63) is 53.6 Å². The summed E-state index contributed by atoms with van der Waals surface area (Å²) in [5.41, 5.74) is 8.77. The second kappa shape index (κ2) is 7.44. The van der Waals surface area contributed by atoms with Crippen LogP contribution in [0.3, 0.4) is 0 Å². The first kappa shape index (κ1) is 20.2. The molecule has 3 heterocycles. The Morgan fingerprint density at radius 3 is 2.84 bits per heavy atom. The number of anilines is 2. The van der Waals surface area contributed by atoms with Gasteiger partial charge in [-0.15, -0.1) is 0 Å². The number of hydrogen-bond acceptors (Lipinski definition) is 8. The number of fused-ring (bicyclic) bond motifs is 2. The Morgan fingerprint density at radius 1 is 1.26 bits per heavy atom. The normalized spacial score (nSPS) is 22.5. The zero-order valence-electron chi connectivity index (χ0n) is 17.4. The number of nitrogens with zero attached hydrogens (tertiary/aromatic N) is 3. The van der Waals surface area contributed by atoms with E-state index in [4.69, 9.17) is 25.2 Å². The van der Waals surface area contributed by atoms with Crippen LogP contribution >= 0.6 is 0 Å². The van der Waals surface area contributed by atoms with Crippen LogP contribution in [-0.4, -0.2) is 51.8 Å². The van der Waals surface area contributed by atoms with E-state index in [-0.39, 0.29) is 11.3 Å². The number of nitrogens with one attached hydrogen (secondary N) is 2. The lowest BCUT2D eigenvalue weighted by molar-refractivity contribution is -0.0461. The number of hydrogen-bond donors (Lipinski definition) is 3. The van der Waals surface area contributed by atoms with Gasteiger partial charge in [0.1, 0.15) is 5.82 Å². The molecular formula is C22H26N6O2S. The third-order valence-electron chi connectivity index (χ3n) is 5.85. The Labute approximate surface area is 181 Å². The zero-order chi connectivity index (χ0) is 21.6. The molecular weight excluding hydrogens is 412 g/mol. The van der Waals surface area contributed by atoms with Gasteiger partial charge < -0.3 is 20.7 Å². The second-order valence-electron chi connectivity index (χ2n) is 8.51. The van der Waals surface area contributed by atoms with Gasteiger partial charge in [0, 0.05) is 25.0 Å². The van der Waals surface area contributed by atoms with E-state index >= 15 is 0 Å². The number of ether oxygens (including phenoxy) is 1. The Morgan fingerprint density at radius 2 is 2.06 bits per heavy atom. The average Bonchev–Trinajstić information content (AvgIpc) is 2.87. The van der Waals surface area contributed by atoms with Crippen molar-refractivity contribution < 1.29 is 8.95 Å². The molecule has 0 amide bonds. The fraction of sp³-hybridized carbons (Fsp3) is 0.364. The van der Waals surface area contributed by atoms with E-state index in [0.29, 0.717) is 43.7 Å². The number of aromatic nitrogens is 2. The largest absolute Gasteiger partial charge is 0.377 e. The molecule has 8 nitrogen and oxygen atoms in total. The van der Waals surface area contributed by atoms with Crippen LogP contribution in [0.15, 0.2) is 47.4 Å². The van der Waals surface area contributed by atoms with E-state index < -0.39 is 9.73 Å². The van der Waals surface area contributed by atoms with Gasteiger partial charge in [-0.3, -0.25) is 0 Å². The van der Waals surface area contributed by atoms with Crippen molar-refractivity contribution in [3.8, 4) is 0 Å². The van der Waals surface area contributed by atoms with E-state index in [2.05, 4.69) is 11.4 Å². The van der Waals surface area contributed by atoms with E-state index in [0.717, 1.165) is 27.8 Å². The summed E-state index contributed by atoms with van der Waals surface area (Å²) in [6.45, 7) is 4.60. The summed E-state index contributed by atoms with van der Waals surface area (Å²) in [6, 6.07) is 13.6. The molecule has 0 spiro atoms. The molecule has 2 aliphatic heterocycles. The lowest BCUT2D eigenvalue weighted by Crippen LogP contribution is -2.61. The third kappa shape index (κ3) is 3.84. The molecule has 0 radical (unpaired) electrons. The Hall–Kier alpha value is -2.75. The number of nitrogens with two attached hydrogens (primary N) is 1. The minimum Gasteiger partial charge on any atom is -0.377 e. The van der Waals surface area contributed by atoms with Gasteiger partial charge >= 0.3 is 0 Å². The lowest BCUT2D eigenvalue weighted by atomic mass is 9.99. The first-order valence-corrected chi connectivity index (χ1v) is 12.0. The third-order valence-corrected chi connectivity index (χ3v) is 7.71. The summed E-state index contributed by atoms with van der Waals surface area (Å²) in [7, 11) is -2.85. The summed E-state index contributed by atoms with van der Waals surface area (Å²) in [5.74, 6) is 1.52. The van der Waals surface area contributed by atoms with Gasteiger partial charge in [-0.05, 0) is 30.7 Å². The molecule has 4 N–H and O–H groups in total. The molecule has 0 bridgehead atoms. The van der Waals surface area contributed by atoms with E-state index in [9.17, 15) is 4.21 Å². The van der Waals surface area contributed by atoms with Gasteiger partial charge in [-0.2, -0.15) is 4.98 Å². The van der Waals surface area contributed by atoms with Crippen LogP contribution in [0.1, 0.15) is 11.1 Å². The first-order chi connectivity index (χ1) is 14.8. The Balaban J connectivity index is 1.54. The molecule has 1 aromatic heterocycles. The summed E-state index contributed by atoms with van der Waals surface area (Å²) in [5, 5.41) is 4.35. The van der Waals surface area contributed by atoms with E-state index in [1.807, 2.05) is 42.2 Å². The van der Waals surface area contributed by atoms with E-state index in [1.54, 1.807) is 6.07 Å². The van der Waals surface area contributed by atoms with Crippen LogP contribution in [0.2, 0.25) is 0 Å². The van der Waals surface area contributed by atoms with Gasteiger partial charge in [0.25, 0.3) is 0 Å². The molecule has 5 rings (SSSR count). The predicted molar refractivity (Wildman–Crippen MR) is 122 cm³/mol. The molecule has 1 saturated heterocycles. The lowest BCUT2D eigenvalue weighted by Gasteiger charge is -2.38. The molecule has 0 saturated carbocycles. The maximum atomic E-state index is 13.0. The maximum absolute atomic E-state index is 13.0. The second-order valence-corrected chi connectivity index (χ2v) is 10.7. The predicted octanol–water partition coefficient (Wildman–Crippen LogP) is 2.50. The topological polar surface area (TPSA) is 117 Å². The fourth-order valence-corrected chi connectivity index (χ4v) is 5.54. The molecule has 1 fully saturated rings. The smallest absolute Gasteiger partial charge is 0.228 e. The molecule has 1 atom stereocenters. The fourth-order valence-electron chi connectivity index (χ4n) is 3.99. The summed E-state index contributed by atoms with van der Waals surface area (Å²) in [6.07, 6.45) is 0. The Kier molecular flexibility index (Phi) is 4.84. The van der Waals surface area contributed by atoms with Crippen molar-refractivity contribution in [3.63, 3.8) is 0 Å². The molecule has 162 valence electrons. The standard InChI is InChI=1S/C22H26N6O2S/c1-15-6-7-18-17(10-15)20(25-12-22(23)13-30-14-22)27-21(26-18)28-8-9-31(24,29)19-5-3-2-4-16(19)11-28/h2-7,10,24H,8-9,11-14,23H2,1H3,(H,25,26,27). The summed E-state index contributed by atoms with van der Waals surface area (Å²) < 4.78 is 26.6. The SMILES string of the molecule is Cc1ccc2nc(N3CCS(=N)(=O)c4ccccc4C3)nc(NCC3(N)COC3)c2c1. The van der Waals surface area contributed by atoms with E-state index in [1.165, 1.54) is 0 Å². The average molecular weight is 439 g/mol. The van der Waals surface area contributed by atoms with Crippen molar-refractivity contribution in [1.29, 1.82) is 4.78 Å². The van der Waals surface area contributed by atoms with Gasteiger partial charge in [-0.25, -0.2) is 14.0 Å². The summed E-state index contributed by atoms with van der Waals surface area (Å²) in [4.78, 5) is 12.3. The van der Waals surface area contributed by atoms with Crippen LogP contribution in [0, 0.1) is 11.7 Å². The first-order valence-electron chi connectivity index (χ1n) is 10.3. The van der Waals surface area contributed by atoms with Gasteiger partial charge in [0.2, 0.25) is 5.95 Å². The highest BCUT2D eigenvalue weighted by atomic mass is 32.2. The highest BCUT2D eigenvalue weighted by Gasteiger charge is 2.34. The maximum Gasteiger partial charge on any atom is 0.228 e. The van der Waals surface area contributed by atoms with Crippen LogP contribution in [-0.2, 0) is 21.0 Å². The van der Waals surface area contributed by atoms with Gasteiger partial charge in [0.15, 0.2) is 0 Å². The highest BCUT2D eigenvalue weighted by molar-refractivity contribution is 7.92. The minimum absolute atomic E-state index is 0.241.